The lowest BCUT2D eigenvalue weighted by Gasteiger charge is -2.01. The van der Waals surface area contributed by atoms with Crippen LogP contribution < -0.4 is 5.32 Å². The first kappa shape index (κ1) is 17.4. The van der Waals surface area contributed by atoms with E-state index in [1.54, 1.807) is 23.9 Å². The van der Waals surface area contributed by atoms with Crippen molar-refractivity contribution < 1.29 is 4.79 Å². The molecule has 3 rings (SSSR count). The lowest BCUT2D eigenvalue weighted by atomic mass is 10.2. The summed E-state index contributed by atoms with van der Waals surface area (Å²) in [4.78, 5) is 12.1. The molecule has 0 radical (unpaired) electrons. The number of halogens is 2. The summed E-state index contributed by atoms with van der Waals surface area (Å²) in [5, 5.41) is 12.1. The highest BCUT2D eigenvalue weighted by atomic mass is 79.9. The molecule has 0 aliphatic rings. The summed E-state index contributed by atoms with van der Waals surface area (Å²) in [6, 6.07) is 14.8. The summed E-state index contributed by atoms with van der Waals surface area (Å²) in [6.07, 6.45) is 0. The van der Waals surface area contributed by atoms with Gasteiger partial charge in [-0.3, -0.25) is 10.1 Å². The Morgan fingerprint density at radius 1 is 1.12 bits per heavy atom. The highest BCUT2D eigenvalue weighted by molar-refractivity contribution is 9.10. The Balaban J connectivity index is 1.58. The van der Waals surface area contributed by atoms with E-state index < -0.39 is 0 Å². The van der Waals surface area contributed by atoms with Crippen molar-refractivity contribution in [3.8, 4) is 0 Å². The van der Waals surface area contributed by atoms with Crippen LogP contribution in [-0.4, -0.2) is 16.1 Å². The molecule has 8 heteroatoms. The Hall–Kier alpha value is -1.41. The van der Waals surface area contributed by atoms with E-state index in [-0.39, 0.29) is 5.91 Å². The molecule has 0 spiro atoms. The van der Waals surface area contributed by atoms with E-state index >= 15 is 0 Å². The largest absolute Gasteiger partial charge is 0.296 e. The Kier molecular flexibility index (Phi) is 5.89. The molecule has 122 valence electrons. The van der Waals surface area contributed by atoms with Gasteiger partial charge in [0.2, 0.25) is 5.13 Å². The first-order valence-corrected chi connectivity index (χ1v) is 9.85. The van der Waals surface area contributed by atoms with Crippen molar-refractivity contribution in [2.24, 2.45) is 0 Å². The van der Waals surface area contributed by atoms with Crippen LogP contribution in [0.15, 0.2) is 57.3 Å². The van der Waals surface area contributed by atoms with Gasteiger partial charge in [-0.2, -0.15) is 0 Å². The lowest BCUT2D eigenvalue weighted by Crippen LogP contribution is -2.11. The fraction of sp³-hybridized carbons (Fsp3) is 0.0625. The van der Waals surface area contributed by atoms with Gasteiger partial charge in [-0.25, -0.2) is 0 Å². The van der Waals surface area contributed by atoms with Crippen LogP contribution in [0.1, 0.15) is 15.9 Å². The van der Waals surface area contributed by atoms with Gasteiger partial charge in [0, 0.05) is 20.8 Å². The molecule has 4 nitrogen and oxygen atoms in total. The molecular formula is C16H11BrClN3OS2. The van der Waals surface area contributed by atoms with Crippen LogP contribution in [0, 0.1) is 0 Å². The second-order valence-electron chi connectivity index (χ2n) is 4.75. The van der Waals surface area contributed by atoms with Crippen molar-refractivity contribution in [2.45, 2.75) is 10.1 Å². The molecule has 1 N–H and O–H groups in total. The Morgan fingerprint density at radius 3 is 2.54 bits per heavy atom. The molecule has 1 aromatic heterocycles. The predicted octanol–water partition coefficient (Wildman–Crippen LogP) is 5.50. The predicted molar refractivity (Wildman–Crippen MR) is 103 cm³/mol. The van der Waals surface area contributed by atoms with Crippen molar-refractivity contribution in [3.63, 3.8) is 0 Å². The van der Waals surface area contributed by atoms with Crippen LogP contribution in [-0.2, 0) is 5.75 Å². The number of carbonyl (C=O) groups excluding carboxylic acids is 1. The summed E-state index contributed by atoms with van der Waals surface area (Å²) < 4.78 is 1.73. The molecule has 0 saturated heterocycles. The number of benzene rings is 2. The molecule has 0 unspecified atom stereocenters. The van der Waals surface area contributed by atoms with Crippen molar-refractivity contribution in [2.75, 3.05) is 5.32 Å². The molecule has 0 atom stereocenters. The number of rotatable bonds is 5. The third-order valence-corrected chi connectivity index (χ3v) is 5.83. The number of hydrogen-bond acceptors (Lipinski definition) is 5. The maximum absolute atomic E-state index is 12.1. The maximum Gasteiger partial charge on any atom is 0.257 e. The van der Waals surface area contributed by atoms with Crippen molar-refractivity contribution >= 4 is 61.7 Å². The Bertz CT molecular complexity index is 837. The fourth-order valence-electron chi connectivity index (χ4n) is 1.81. The highest BCUT2D eigenvalue weighted by Crippen LogP contribution is 2.28. The van der Waals surface area contributed by atoms with Crippen molar-refractivity contribution in [1.29, 1.82) is 0 Å². The molecule has 1 amide bonds. The van der Waals surface area contributed by atoms with Crippen molar-refractivity contribution in [3.05, 3.63) is 69.2 Å². The average Bonchev–Trinajstić information content (AvgIpc) is 3.02. The fourth-order valence-corrected chi connectivity index (χ4v) is 3.91. The molecule has 1 heterocycles. The van der Waals surface area contributed by atoms with Crippen LogP contribution in [0.4, 0.5) is 5.13 Å². The Labute approximate surface area is 160 Å². The van der Waals surface area contributed by atoms with E-state index in [9.17, 15) is 4.79 Å². The molecule has 0 fully saturated rings. The average molecular weight is 441 g/mol. The van der Waals surface area contributed by atoms with Gasteiger partial charge < -0.3 is 0 Å². The maximum atomic E-state index is 12.1. The lowest BCUT2D eigenvalue weighted by molar-refractivity contribution is 0.102. The smallest absolute Gasteiger partial charge is 0.257 e. The van der Waals surface area contributed by atoms with Gasteiger partial charge in [0.15, 0.2) is 4.34 Å². The summed E-state index contributed by atoms with van der Waals surface area (Å²) in [7, 11) is 0. The minimum atomic E-state index is -0.201. The number of aromatic nitrogens is 2. The number of nitrogens with one attached hydrogen (secondary N) is 1. The summed E-state index contributed by atoms with van der Waals surface area (Å²) in [6.45, 7) is 0. The third kappa shape index (κ3) is 4.80. The van der Waals surface area contributed by atoms with Gasteiger partial charge in [0.1, 0.15) is 0 Å². The summed E-state index contributed by atoms with van der Waals surface area (Å²) in [5.74, 6) is 0.569. The molecule has 24 heavy (non-hydrogen) atoms. The van der Waals surface area contributed by atoms with E-state index in [1.807, 2.05) is 36.4 Å². The second-order valence-corrected chi connectivity index (χ2v) is 8.30. The first-order valence-electron chi connectivity index (χ1n) is 6.88. The minimum Gasteiger partial charge on any atom is -0.296 e. The van der Waals surface area contributed by atoms with E-state index in [0.29, 0.717) is 10.7 Å². The SMILES string of the molecule is O=C(Nc1nnc(SCc2ccc(Cl)cc2)s1)c1ccc(Br)cc1. The molecular weight excluding hydrogens is 430 g/mol. The second kappa shape index (κ2) is 8.11. The normalized spacial score (nSPS) is 10.6. The number of thioether (sulfide) groups is 1. The van der Waals surface area contributed by atoms with Gasteiger partial charge in [0.05, 0.1) is 0 Å². The Morgan fingerprint density at radius 2 is 1.83 bits per heavy atom. The zero-order valence-corrected chi connectivity index (χ0v) is 16.2. The van der Waals surface area contributed by atoms with Crippen LogP contribution in [0.3, 0.4) is 0 Å². The quantitative estimate of drug-likeness (QED) is 0.420. The van der Waals surface area contributed by atoms with Crippen LogP contribution >= 0.6 is 50.6 Å². The summed E-state index contributed by atoms with van der Waals surface area (Å²) >= 11 is 12.1. The standard InChI is InChI=1S/C16H11BrClN3OS2/c17-12-5-3-11(4-6-12)14(22)19-15-20-21-16(24-15)23-9-10-1-7-13(18)8-2-10/h1-8H,9H2,(H,19,20,22). The first-order chi connectivity index (χ1) is 11.6. The zero-order valence-electron chi connectivity index (χ0n) is 12.2. The van der Waals surface area contributed by atoms with Gasteiger partial charge in [-0.1, -0.05) is 62.8 Å². The molecule has 0 aliphatic carbocycles. The van der Waals surface area contributed by atoms with Crippen LogP contribution in [0.2, 0.25) is 5.02 Å². The van der Waals surface area contributed by atoms with E-state index in [1.165, 1.54) is 11.3 Å². The van der Waals surface area contributed by atoms with Gasteiger partial charge >= 0.3 is 0 Å². The molecule has 0 saturated carbocycles. The van der Waals surface area contributed by atoms with E-state index in [2.05, 4.69) is 31.4 Å². The molecule has 0 bridgehead atoms. The van der Waals surface area contributed by atoms with E-state index in [0.717, 1.165) is 25.2 Å². The number of anilines is 1. The van der Waals surface area contributed by atoms with Crippen molar-refractivity contribution in [1.82, 2.24) is 10.2 Å². The monoisotopic (exact) mass is 439 g/mol. The third-order valence-electron chi connectivity index (χ3n) is 3.01. The van der Waals surface area contributed by atoms with Crippen LogP contribution in [0.5, 0.6) is 0 Å². The topological polar surface area (TPSA) is 54.9 Å². The zero-order chi connectivity index (χ0) is 16.9. The molecule has 2 aromatic carbocycles. The minimum absolute atomic E-state index is 0.201. The van der Waals surface area contributed by atoms with Crippen LogP contribution in [0.25, 0.3) is 0 Å². The molecule has 3 aromatic rings. The number of amides is 1. The van der Waals surface area contributed by atoms with E-state index in [4.69, 9.17) is 11.6 Å². The van der Waals surface area contributed by atoms with Gasteiger partial charge in [0.25, 0.3) is 5.91 Å². The van der Waals surface area contributed by atoms with Gasteiger partial charge in [-0.05, 0) is 42.0 Å². The number of nitrogens with zero attached hydrogens (tertiary/aromatic N) is 2. The summed E-state index contributed by atoms with van der Waals surface area (Å²) in [5.41, 5.74) is 1.73. The molecule has 0 aliphatic heterocycles. The number of hydrogen-bond donors (Lipinski definition) is 1. The van der Waals surface area contributed by atoms with Gasteiger partial charge in [-0.15, -0.1) is 10.2 Å². The number of carbonyl (C=O) groups is 1. The highest BCUT2D eigenvalue weighted by Gasteiger charge is 2.10.